The summed E-state index contributed by atoms with van der Waals surface area (Å²) in [7, 11) is 0. The highest BCUT2D eigenvalue weighted by atomic mass is 14.9. The second-order valence-electron chi connectivity index (χ2n) is 3.06. The third-order valence-corrected chi connectivity index (χ3v) is 2.07. The first-order chi connectivity index (χ1) is 7.40. The smallest absolute Gasteiger partial charge is 0.0861 e. The molecule has 0 spiro atoms. The average Bonchev–Trinajstić information content (AvgIpc) is 2.32. The Morgan fingerprint density at radius 1 is 1.40 bits per heavy atom. The Bertz CT molecular complexity index is 332. The molecule has 1 aliphatic heterocycles. The summed E-state index contributed by atoms with van der Waals surface area (Å²) in [5, 5.41) is 3.25. The molecule has 2 rings (SSSR count). The summed E-state index contributed by atoms with van der Waals surface area (Å²) in [5.74, 6) is 0. The molecule has 15 heavy (non-hydrogen) atoms. The lowest BCUT2D eigenvalue weighted by molar-refractivity contribution is 0.919. The largest absolute Gasteiger partial charge is 0.380 e. The number of nitrogens with two attached hydrogens (primary N) is 1. The first-order valence-electron chi connectivity index (χ1n) is 5.50. The number of hydrogen-bond donors (Lipinski definition) is 2. The van der Waals surface area contributed by atoms with Gasteiger partial charge in [-0.1, -0.05) is 19.9 Å². The van der Waals surface area contributed by atoms with Gasteiger partial charge in [-0.3, -0.25) is 4.98 Å². The van der Waals surface area contributed by atoms with Gasteiger partial charge in [0.05, 0.1) is 11.4 Å². The lowest BCUT2D eigenvalue weighted by atomic mass is 10.2. The van der Waals surface area contributed by atoms with Crippen molar-refractivity contribution in [1.29, 1.82) is 0 Å². The van der Waals surface area contributed by atoms with Crippen molar-refractivity contribution in [2.45, 2.75) is 20.3 Å². The van der Waals surface area contributed by atoms with Crippen LogP contribution in [0.3, 0.4) is 0 Å². The van der Waals surface area contributed by atoms with E-state index in [1.54, 1.807) is 0 Å². The summed E-state index contributed by atoms with van der Waals surface area (Å²) >= 11 is 0. The first kappa shape index (κ1) is 11.7. The van der Waals surface area contributed by atoms with E-state index in [4.69, 9.17) is 5.73 Å². The molecule has 0 aliphatic carbocycles. The fraction of sp³-hybridized carbons (Fsp3) is 0.417. The minimum Gasteiger partial charge on any atom is -0.380 e. The monoisotopic (exact) mass is 205 g/mol. The van der Waals surface area contributed by atoms with Gasteiger partial charge >= 0.3 is 0 Å². The second-order valence-corrected chi connectivity index (χ2v) is 3.06. The van der Waals surface area contributed by atoms with Crippen molar-refractivity contribution in [1.82, 2.24) is 4.98 Å². The number of anilines is 1. The van der Waals surface area contributed by atoms with Gasteiger partial charge in [0.15, 0.2) is 0 Å². The molecular weight excluding hydrogens is 186 g/mol. The third-order valence-electron chi connectivity index (χ3n) is 2.07. The number of pyridine rings is 1. The van der Waals surface area contributed by atoms with Crippen LogP contribution in [0, 0.1) is 0 Å². The third kappa shape index (κ3) is 3.06. The summed E-state index contributed by atoms with van der Waals surface area (Å²) in [6, 6.07) is 4.09. The summed E-state index contributed by atoms with van der Waals surface area (Å²) in [6.45, 7) is 5.55. The number of nitrogens with zero attached hydrogens (tertiary/aromatic N) is 1. The maximum absolute atomic E-state index is 5.46. The van der Waals surface area contributed by atoms with Gasteiger partial charge in [0.2, 0.25) is 0 Å². The molecule has 0 bridgehead atoms. The zero-order valence-electron chi connectivity index (χ0n) is 9.46. The minimum absolute atomic E-state index is 0.656. The van der Waals surface area contributed by atoms with E-state index < -0.39 is 0 Å². The van der Waals surface area contributed by atoms with Crippen molar-refractivity contribution in [2.24, 2.45) is 5.73 Å². The summed E-state index contributed by atoms with van der Waals surface area (Å²) in [5.41, 5.74) is 8.67. The predicted octanol–water partition coefficient (Wildman–Crippen LogP) is 2.05. The van der Waals surface area contributed by atoms with Gasteiger partial charge in [0.1, 0.15) is 0 Å². The van der Waals surface area contributed by atoms with E-state index in [0.717, 1.165) is 30.0 Å². The van der Waals surface area contributed by atoms with E-state index in [1.165, 1.54) is 0 Å². The van der Waals surface area contributed by atoms with E-state index in [2.05, 4.69) is 22.4 Å². The molecule has 1 aromatic heterocycles. The van der Waals surface area contributed by atoms with Crippen LogP contribution in [0.4, 0.5) is 5.69 Å². The van der Waals surface area contributed by atoms with Crippen molar-refractivity contribution in [3.8, 4) is 0 Å². The van der Waals surface area contributed by atoms with Crippen LogP contribution >= 0.6 is 0 Å². The molecule has 1 aliphatic rings. The number of nitrogens with one attached hydrogen (secondary N) is 1. The molecule has 3 heteroatoms. The van der Waals surface area contributed by atoms with Gasteiger partial charge in [-0.25, -0.2) is 0 Å². The molecule has 0 unspecified atom stereocenters. The molecule has 0 aromatic carbocycles. The molecule has 3 N–H and O–H groups in total. The molecule has 0 radical (unpaired) electrons. The average molecular weight is 205 g/mol. The molecular formula is C12H19N3. The van der Waals surface area contributed by atoms with Crippen LogP contribution < -0.4 is 11.1 Å². The number of aromatic nitrogens is 1. The number of fused-ring (bicyclic) bond motifs is 1. The summed E-state index contributed by atoms with van der Waals surface area (Å²) in [6.07, 6.45) is 4.97. The molecule has 0 amide bonds. The Balaban J connectivity index is 0.000000531. The highest BCUT2D eigenvalue weighted by Crippen LogP contribution is 2.18. The Hall–Kier alpha value is -1.35. The van der Waals surface area contributed by atoms with Gasteiger partial charge in [-0.15, -0.1) is 0 Å². The lowest BCUT2D eigenvalue weighted by Crippen LogP contribution is -2.09. The van der Waals surface area contributed by atoms with Crippen LogP contribution in [0.25, 0.3) is 6.08 Å². The molecule has 82 valence electrons. The Morgan fingerprint density at radius 3 is 2.93 bits per heavy atom. The fourth-order valence-corrected chi connectivity index (χ4v) is 1.42. The van der Waals surface area contributed by atoms with Crippen molar-refractivity contribution < 1.29 is 0 Å². The van der Waals surface area contributed by atoms with Crippen LogP contribution in [-0.4, -0.2) is 18.1 Å². The summed E-state index contributed by atoms with van der Waals surface area (Å²) < 4.78 is 0. The van der Waals surface area contributed by atoms with Crippen molar-refractivity contribution in [3.63, 3.8) is 0 Å². The first-order valence-corrected chi connectivity index (χ1v) is 5.50. The molecule has 0 atom stereocenters. The summed E-state index contributed by atoms with van der Waals surface area (Å²) in [4.78, 5) is 4.47. The lowest BCUT2D eigenvalue weighted by Gasteiger charge is -2.12. The maximum atomic E-state index is 5.46. The Labute approximate surface area is 91.4 Å². The molecule has 1 aromatic rings. The van der Waals surface area contributed by atoms with Crippen LogP contribution in [0.2, 0.25) is 0 Å². The topological polar surface area (TPSA) is 50.9 Å². The van der Waals surface area contributed by atoms with E-state index in [1.807, 2.05) is 26.0 Å². The zero-order valence-corrected chi connectivity index (χ0v) is 9.46. The van der Waals surface area contributed by atoms with Crippen molar-refractivity contribution in [3.05, 3.63) is 29.6 Å². The number of rotatable bonds is 2. The predicted molar refractivity (Wildman–Crippen MR) is 65.9 cm³/mol. The van der Waals surface area contributed by atoms with E-state index in [0.29, 0.717) is 6.54 Å². The van der Waals surface area contributed by atoms with E-state index in [9.17, 15) is 0 Å². The normalized spacial score (nSPS) is 12.2. The van der Waals surface area contributed by atoms with Crippen LogP contribution in [-0.2, 0) is 6.42 Å². The fourth-order valence-electron chi connectivity index (χ4n) is 1.42. The van der Waals surface area contributed by atoms with Crippen LogP contribution in [0.1, 0.15) is 25.2 Å². The van der Waals surface area contributed by atoms with Crippen molar-refractivity contribution in [2.75, 3.05) is 18.4 Å². The number of hydrogen-bond acceptors (Lipinski definition) is 3. The Kier molecular flexibility index (Phi) is 4.84. The molecule has 2 heterocycles. The van der Waals surface area contributed by atoms with E-state index >= 15 is 0 Å². The van der Waals surface area contributed by atoms with Gasteiger partial charge in [-0.05, 0) is 24.8 Å². The van der Waals surface area contributed by atoms with E-state index in [-0.39, 0.29) is 0 Å². The van der Waals surface area contributed by atoms with Crippen molar-refractivity contribution >= 4 is 11.8 Å². The maximum Gasteiger partial charge on any atom is 0.0861 e. The van der Waals surface area contributed by atoms with Gasteiger partial charge < -0.3 is 11.1 Å². The van der Waals surface area contributed by atoms with Gasteiger partial charge in [-0.2, -0.15) is 0 Å². The quantitative estimate of drug-likeness (QED) is 0.777. The van der Waals surface area contributed by atoms with Gasteiger partial charge in [0, 0.05) is 18.7 Å². The highest BCUT2D eigenvalue weighted by molar-refractivity contribution is 5.66. The van der Waals surface area contributed by atoms with Crippen LogP contribution in [0.15, 0.2) is 18.2 Å². The van der Waals surface area contributed by atoms with Gasteiger partial charge in [0.25, 0.3) is 0 Å². The molecule has 0 saturated carbocycles. The molecule has 0 saturated heterocycles. The second kappa shape index (κ2) is 6.19. The molecule has 0 fully saturated rings. The zero-order chi connectivity index (χ0) is 11.1. The van der Waals surface area contributed by atoms with Crippen LogP contribution in [0.5, 0.6) is 0 Å². The SMILES string of the molecule is CC.NCCc1ccc2c(n1)C=CCN2. The minimum atomic E-state index is 0.656. The Morgan fingerprint density at radius 2 is 2.20 bits per heavy atom. The standard InChI is InChI=1S/C10H13N3.C2H6/c11-6-5-8-3-4-9-10(13-8)2-1-7-12-9;1-2/h1-4,12H,5-7,11H2;1-2H3. The highest BCUT2D eigenvalue weighted by Gasteiger charge is 2.04. The molecule has 3 nitrogen and oxygen atoms in total.